The van der Waals surface area contributed by atoms with Gasteiger partial charge in [-0.2, -0.15) is 5.26 Å². The first-order chi connectivity index (χ1) is 8.28. The van der Waals surface area contributed by atoms with Crippen LogP contribution in [0.4, 0.5) is 0 Å². The van der Waals surface area contributed by atoms with Crippen LogP contribution in [0.15, 0.2) is 41.3 Å². The summed E-state index contributed by atoms with van der Waals surface area (Å²) in [6, 6.07) is 10.8. The molecule has 0 spiro atoms. The van der Waals surface area contributed by atoms with Gasteiger partial charge in [0.15, 0.2) is 0 Å². The molecule has 0 N–H and O–H groups in total. The topological polar surface area (TPSA) is 33.0 Å². The second kappa shape index (κ2) is 4.21. The summed E-state index contributed by atoms with van der Waals surface area (Å²) in [6.45, 7) is 2.08. The van der Waals surface area contributed by atoms with Crippen LogP contribution < -0.4 is 0 Å². The summed E-state index contributed by atoms with van der Waals surface area (Å²) in [5.41, 5.74) is 1.26. The largest absolute Gasteiger partial charge is 0.364 e. The SMILES string of the molecule is Cc1ccc(S[C@H]2[C@@H](C#N)[C@@H]3C=C[C@H]2O3)cc1. The predicted octanol–water partition coefficient (Wildman–Crippen LogP) is 2.93. The van der Waals surface area contributed by atoms with Gasteiger partial charge in [-0.15, -0.1) is 11.8 Å². The standard InChI is InChI=1S/C14H13NOS/c1-9-2-4-10(5-3-9)17-14-11(8-15)12-6-7-13(14)16-12/h2-7,11-14H,1H3/t11-,12-,13+,14-/m0/s1. The van der Waals surface area contributed by atoms with Gasteiger partial charge in [-0.3, -0.25) is 0 Å². The molecule has 3 heteroatoms. The van der Waals surface area contributed by atoms with E-state index in [1.54, 1.807) is 11.8 Å². The van der Waals surface area contributed by atoms with Gasteiger partial charge in [0, 0.05) is 4.90 Å². The normalized spacial score (nSPS) is 33.9. The van der Waals surface area contributed by atoms with Crippen molar-refractivity contribution in [1.82, 2.24) is 0 Å². The van der Waals surface area contributed by atoms with E-state index in [0.717, 1.165) is 0 Å². The maximum absolute atomic E-state index is 9.20. The van der Waals surface area contributed by atoms with Gasteiger partial charge >= 0.3 is 0 Å². The number of fused-ring (bicyclic) bond motifs is 2. The quantitative estimate of drug-likeness (QED) is 0.749. The van der Waals surface area contributed by atoms with Gasteiger partial charge < -0.3 is 4.74 Å². The summed E-state index contributed by atoms with van der Waals surface area (Å²) in [7, 11) is 0. The second-order valence-corrected chi connectivity index (χ2v) is 5.75. The van der Waals surface area contributed by atoms with Crippen LogP contribution in [-0.4, -0.2) is 17.5 Å². The van der Waals surface area contributed by atoms with Crippen LogP contribution >= 0.6 is 11.8 Å². The van der Waals surface area contributed by atoms with Crippen molar-refractivity contribution in [3.63, 3.8) is 0 Å². The van der Waals surface area contributed by atoms with Gasteiger partial charge in [0.05, 0.1) is 29.4 Å². The highest BCUT2D eigenvalue weighted by molar-refractivity contribution is 8.00. The molecule has 0 saturated carbocycles. The first-order valence-electron chi connectivity index (χ1n) is 5.74. The second-order valence-electron chi connectivity index (χ2n) is 4.50. The van der Waals surface area contributed by atoms with Crippen molar-refractivity contribution in [3.05, 3.63) is 42.0 Å². The number of nitriles is 1. The Hall–Kier alpha value is -1.24. The van der Waals surface area contributed by atoms with Crippen molar-refractivity contribution < 1.29 is 4.74 Å². The zero-order valence-corrected chi connectivity index (χ0v) is 10.4. The highest BCUT2D eigenvalue weighted by atomic mass is 32.2. The van der Waals surface area contributed by atoms with Crippen molar-refractivity contribution in [1.29, 1.82) is 5.26 Å². The van der Waals surface area contributed by atoms with Crippen LogP contribution in [-0.2, 0) is 4.74 Å². The van der Waals surface area contributed by atoms with Crippen molar-refractivity contribution in [2.24, 2.45) is 5.92 Å². The molecule has 1 aromatic carbocycles. The molecule has 2 bridgehead atoms. The number of hydrogen-bond acceptors (Lipinski definition) is 3. The van der Waals surface area contributed by atoms with Crippen molar-refractivity contribution >= 4 is 11.8 Å². The molecular formula is C14H13NOS. The summed E-state index contributed by atoms with van der Waals surface area (Å²) in [6.07, 6.45) is 4.22. The Morgan fingerprint density at radius 1 is 1.18 bits per heavy atom. The Morgan fingerprint density at radius 3 is 2.59 bits per heavy atom. The molecule has 1 aromatic rings. The lowest BCUT2D eigenvalue weighted by Gasteiger charge is -2.19. The Kier molecular flexibility index (Phi) is 2.70. The van der Waals surface area contributed by atoms with E-state index in [9.17, 15) is 5.26 Å². The lowest BCUT2D eigenvalue weighted by molar-refractivity contribution is 0.115. The van der Waals surface area contributed by atoms with Crippen molar-refractivity contribution in [2.45, 2.75) is 29.3 Å². The average Bonchev–Trinajstić information content (AvgIpc) is 2.92. The average molecular weight is 243 g/mol. The smallest absolute Gasteiger partial charge is 0.0935 e. The van der Waals surface area contributed by atoms with Crippen LogP contribution in [0.5, 0.6) is 0 Å². The van der Waals surface area contributed by atoms with Crippen molar-refractivity contribution in [2.75, 3.05) is 0 Å². The van der Waals surface area contributed by atoms with E-state index in [1.807, 2.05) is 6.08 Å². The minimum atomic E-state index is -0.0173. The fourth-order valence-electron chi connectivity index (χ4n) is 2.34. The fourth-order valence-corrected chi connectivity index (χ4v) is 3.59. The third-order valence-electron chi connectivity index (χ3n) is 3.28. The number of rotatable bonds is 2. The van der Waals surface area contributed by atoms with Crippen LogP contribution in [0.2, 0.25) is 0 Å². The van der Waals surface area contributed by atoms with Gasteiger partial charge in [0.1, 0.15) is 0 Å². The maximum atomic E-state index is 9.20. The Balaban J connectivity index is 1.79. The van der Waals surface area contributed by atoms with E-state index in [1.165, 1.54) is 10.5 Å². The monoisotopic (exact) mass is 243 g/mol. The first kappa shape index (κ1) is 10.9. The molecule has 0 aliphatic carbocycles. The Labute approximate surface area is 105 Å². The number of benzene rings is 1. The van der Waals surface area contributed by atoms with Gasteiger partial charge in [-0.05, 0) is 19.1 Å². The summed E-state index contributed by atoms with van der Waals surface area (Å²) >= 11 is 1.76. The molecule has 3 rings (SSSR count). The third-order valence-corrected chi connectivity index (χ3v) is 4.66. The zero-order chi connectivity index (χ0) is 11.8. The van der Waals surface area contributed by atoms with Crippen LogP contribution in [0.1, 0.15) is 5.56 Å². The van der Waals surface area contributed by atoms with E-state index in [0.29, 0.717) is 0 Å². The molecule has 2 aliphatic heterocycles. The molecular weight excluding hydrogens is 230 g/mol. The minimum absolute atomic E-state index is 0.00736. The highest BCUT2D eigenvalue weighted by Crippen LogP contribution is 2.43. The van der Waals surface area contributed by atoms with Crippen molar-refractivity contribution in [3.8, 4) is 6.07 Å². The summed E-state index contributed by atoms with van der Waals surface area (Å²) < 4.78 is 5.73. The minimum Gasteiger partial charge on any atom is -0.364 e. The molecule has 4 atom stereocenters. The molecule has 1 saturated heterocycles. The molecule has 2 heterocycles. The summed E-state index contributed by atoms with van der Waals surface area (Å²) in [5.74, 6) is -0.0173. The van der Waals surface area contributed by atoms with E-state index in [2.05, 4.69) is 43.3 Å². The first-order valence-corrected chi connectivity index (χ1v) is 6.62. The lowest BCUT2D eigenvalue weighted by Crippen LogP contribution is -2.25. The van der Waals surface area contributed by atoms with Crippen LogP contribution in [0.25, 0.3) is 0 Å². The predicted molar refractivity (Wildman–Crippen MR) is 67.7 cm³/mol. The van der Waals surface area contributed by atoms with E-state index in [4.69, 9.17) is 4.74 Å². The van der Waals surface area contributed by atoms with Crippen LogP contribution in [0.3, 0.4) is 0 Å². The Bertz CT molecular complexity index is 488. The lowest BCUT2D eigenvalue weighted by atomic mass is 9.95. The third kappa shape index (κ3) is 1.88. The van der Waals surface area contributed by atoms with Gasteiger partial charge in [-0.25, -0.2) is 0 Å². The van der Waals surface area contributed by atoms with Gasteiger partial charge in [0.25, 0.3) is 0 Å². The molecule has 0 unspecified atom stereocenters. The summed E-state index contributed by atoms with van der Waals surface area (Å²) in [4.78, 5) is 1.21. The van der Waals surface area contributed by atoms with E-state index >= 15 is 0 Å². The molecule has 17 heavy (non-hydrogen) atoms. The number of nitrogens with zero attached hydrogens (tertiary/aromatic N) is 1. The number of hydrogen-bond donors (Lipinski definition) is 0. The molecule has 2 nitrogen and oxygen atoms in total. The molecule has 86 valence electrons. The molecule has 0 amide bonds. The van der Waals surface area contributed by atoms with Gasteiger partial charge in [0.2, 0.25) is 0 Å². The zero-order valence-electron chi connectivity index (χ0n) is 9.54. The van der Waals surface area contributed by atoms with E-state index in [-0.39, 0.29) is 23.4 Å². The van der Waals surface area contributed by atoms with Crippen LogP contribution in [0, 0.1) is 24.2 Å². The molecule has 0 radical (unpaired) electrons. The number of aryl methyl sites for hydroxylation is 1. The number of thioether (sulfide) groups is 1. The number of ether oxygens (including phenoxy) is 1. The Morgan fingerprint density at radius 2 is 1.88 bits per heavy atom. The van der Waals surface area contributed by atoms with E-state index < -0.39 is 0 Å². The summed E-state index contributed by atoms with van der Waals surface area (Å²) in [5, 5.41) is 9.44. The highest BCUT2D eigenvalue weighted by Gasteiger charge is 2.46. The maximum Gasteiger partial charge on any atom is 0.0935 e. The molecule has 2 aliphatic rings. The molecule has 1 fully saturated rings. The molecule has 0 aromatic heterocycles. The fraction of sp³-hybridized carbons (Fsp3) is 0.357. The van der Waals surface area contributed by atoms with Gasteiger partial charge in [-0.1, -0.05) is 29.8 Å².